The summed E-state index contributed by atoms with van der Waals surface area (Å²) >= 11 is 0. The van der Waals surface area contributed by atoms with Crippen molar-refractivity contribution < 1.29 is 0 Å². The predicted molar refractivity (Wildman–Crippen MR) is 108 cm³/mol. The number of fused-ring (bicyclic) bond motifs is 1. The minimum atomic E-state index is 1.38. The highest BCUT2D eigenvalue weighted by Crippen LogP contribution is 2.27. The Kier molecular flexibility index (Phi) is 18.7. The van der Waals surface area contributed by atoms with Gasteiger partial charge in [0.05, 0.1) is 0 Å². The second kappa shape index (κ2) is 16.1. The highest BCUT2D eigenvalue weighted by atomic mass is 14.1. The van der Waals surface area contributed by atoms with Crippen molar-refractivity contribution in [2.45, 2.75) is 83.1 Å². The molecule has 0 amide bonds. The van der Waals surface area contributed by atoms with Crippen LogP contribution in [0.1, 0.15) is 77.6 Å². The summed E-state index contributed by atoms with van der Waals surface area (Å²) in [7, 11) is 0. The van der Waals surface area contributed by atoms with Crippen LogP contribution in [0.2, 0.25) is 0 Å². The van der Waals surface area contributed by atoms with Crippen molar-refractivity contribution in [3.63, 3.8) is 0 Å². The van der Waals surface area contributed by atoms with Gasteiger partial charge in [0.1, 0.15) is 0 Å². The van der Waals surface area contributed by atoms with Gasteiger partial charge in [-0.05, 0) is 60.7 Å². The predicted octanol–water partition coefficient (Wildman–Crippen LogP) is 8.18. The maximum atomic E-state index is 2.28. The largest absolute Gasteiger partial charge is 0.0683 e. The molecule has 0 radical (unpaired) electrons. The van der Waals surface area contributed by atoms with Gasteiger partial charge in [0.25, 0.3) is 0 Å². The molecule has 0 heterocycles. The van der Waals surface area contributed by atoms with Gasteiger partial charge >= 0.3 is 0 Å². The standard InChI is InChI=1S/C14H16.4C2H6/c1-9-6-5-7-13-12(4)10(2)8-11(3)14(9)13;4*1-2/h5-8H,1-4H3;4*1-2H3. The van der Waals surface area contributed by atoms with Crippen LogP contribution in [0.4, 0.5) is 0 Å². The topological polar surface area (TPSA) is 0 Å². The van der Waals surface area contributed by atoms with E-state index in [1.54, 1.807) is 0 Å². The third kappa shape index (κ3) is 7.11. The number of hydrogen-bond acceptors (Lipinski definition) is 0. The zero-order chi connectivity index (χ0) is 18.3. The van der Waals surface area contributed by atoms with Crippen molar-refractivity contribution in [3.8, 4) is 0 Å². The first kappa shape index (κ1) is 25.6. The molecule has 0 heteroatoms. The quantitative estimate of drug-likeness (QED) is 0.460. The van der Waals surface area contributed by atoms with Gasteiger partial charge in [-0.15, -0.1) is 0 Å². The molecule has 0 spiro atoms. The van der Waals surface area contributed by atoms with Crippen molar-refractivity contribution >= 4 is 10.8 Å². The summed E-state index contributed by atoms with van der Waals surface area (Å²) in [6.07, 6.45) is 0. The monoisotopic (exact) mass is 304 g/mol. The Hall–Kier alpha value is -1.30. The maximum Gasteiger partial charge on any atom is -0.0123 e. The fourth-order valence-corrected chi connectivity index (χ4v) is 2.22. The van der Waals surface area contributed by atoms with E-state index < -0.39 is 0 Å². The minimum Gasteiger partial charge on any atom is -0.0683 e. The Bertz CT molecular complexity index is 493. The molecule has 2 aromatic rings. The summed E-state index contributed by atoms with van der Waals surface area (Å²) in [5.41, 5.74) is 5.57. The van der Waals surface area contributed by atoms with Crippen LogP contribution in [0.15, 0.2) is 24.3 Å². The van der Waals surface area contributed by atoms with Crippen molar-refractivity contribution in [1.82, 2.24) is 0 Å². The average molecular weight is 305 g/mol. The Morgan fingerprint density at radius 3 is 1.45 bits per heavy atom. The third-order valence-corrected chi connectivity index (χ3v) is 3.10. The van der Waals surface area contributed by atoms with Crippen LogP contribution in [0, 0.1) is 27.7 Å². The molecule has 22 heavy (non-hydrogen) atoms. The van der Waals surface area contributed by atoms with Crippen LogP contribution < -0.4 is 0 Å². The Labute approximate surface area is 141 Å². The minimum absolute atomic E-state index is 1.38. The van der Waals surface area contributed by atoms with Gasteiger partial charge in [-0.25, -0.2) is 0 Å². The molecular weight excluding hydrogens is 264 g/mol. The van der Waals surface area contributed by atoms with Crippen LogP contribution in [-0.2, 0) is 0 Å². The molecular formula is C22H40. The van der Waals surface area contributed by atoms with E-state index in [0.717, 1.165) is 0 Å². The molecule has 0 bridgehead atoms. The molecule has 0 aromatic heterocycles. The van der Waals surface area contributed by atoms with Gasteiger partial charge in [-0.3, -0.25) is 0 Å². The van der Waals surface area contributed by atoms with Crippen LogP contribution in [0.25, 0.3) is 10.8 Å². The first-order valence-electron chi connectivity index (χ1n) is 9.07. The molecule has 0 aliphatic carbocycles. The van der Waals surface area contributed by atoms with Gasteiger partial charge in [-0.1, -0.05) is 79.7 Å². The van der Waals surface area contributed by atoms with Gasteiger partial charge in [0, 0.05) is 0 Å². The highest BCUT2D eigenvalue weighted by molar-refractivity contribution is 5.91. The Morgan fingerprint density at radius 1 is 0.545 bits per heavy atom. The molecule has 0 aliphatic heterocycles. The number of aryl methyl sites for hydroxylation is 4. The zero-order valence-electron chi connectivity index (χ0n) is 17.3. The molecule has 0 fully saturated rings. The van der Waals surface area contributed by atoms with Gasteiger partial charge in [-0.2, -0.15) is 0 Å². The lowest BCUT2D eigenvalue weighted by molar-refractivity contribution is 1.33. The zero-order valence-corrected chi connectivity index (χ0v) is 17.3. The number of benzene rings is 2. The van der Waals surface area contributed by atoms with Crippen LogP contribution in [-0.4, -0.2) is 0 Å². The number of hydrogen-bond donors (Lipinski definition) is 0. The summed E-state index contributed by atoms with van der Waals surface area (Å²) in [4.78, 5) is 0. The fourth-order valence-electron chi connectivity index (χ4n) is 2.22. The van der Waals surface area contributed by atoms with E-state index in [9.17, 15) is 0 Å². The van der Waals surface area contributed by atoms with E-state index >= 15 is 0 Å². The van der Waals surface area contributed by atoms with Gasteiger partial charge < -0.3 is 0 Å². The smallest absolute Gasteiger partial charge is 0.0123 e. The van der Waals surface area contributed by atoms with E-state index in [1.165, 1.54) is 33.0 Å². The molecule has 0 saturated heterocycles. The summed E-state index contributed by atoms with van der Waals surface area (Å²) in [5, 5.41) is 2.83. The SMILES string of the molecule is CC.CC.CC.CC.Cc1cc(C)c2c(C)cccc2c1C. The Morgan fingerprint density at radius 2 is 1.00 bits per heavy atom. The maximum absolute atomic E-state index is 2.28. The summed E-state index contributed by atoms with van der Waals surface area (Å²) < 4.78 is 0. The summed E-state index contributed by atoms with van der Waals surface area (Å²) in [6.45, 7) is 24.8. The van der Waals surface area contributed by atoms with E-state index in [2.05, 4.69) is 52.0 Å². The molecule has 128 valence electrons. The number of rotatable bonds is 0. The molecule has 0 unspecified atom stereocenters. The molecule has 2 aromatic carbocycles. The van der Waals surface area contributed by atoms with Crippen LogP contribution >= 0.6 is 0 Å². The lowest BCUT2D eigenvalue weighted by Gasteiger charge is -2.11. The van der Waals surface area contributed by atoms with Gasteiger partial charge in [0.2, 0.25) is 0 Å². The second-order valence-electron chi connectivity index (χ2n) is 4.13. The van der Waals surface area contributed by atoms with Crippen molar-refractivity contribution in [3.05, 3.63) is 46.5 Å². The lowest BCUT2D eigenvalue weighted by Crippen LogP contribution is -1.89. The van der Waals surface area contributed by atoms with Crippen molar-refractivity contribution in [1.29, 1.82) is 0 Å². The molecule has 0 nitrogen and oxygen atoms in total. The lowest BCUT2D eigenvalue weighted by atomic mass is 9.94. The normalized spacial score (nSPS) is 8.00. The molecule has 2 rings (SSSR count). The average Bonchev–Trinajstić information content (AvgIpc) is 2.60. The van der Waals surface area contributed by atoms with Gasteiger partial charge in [0.15, 0.2) is 0 Å². The molecule has 0 saturated carbocycles. The van der Waals surface area contributed by atoms with E-state index in [-0.39, 0.29) is 0 Å². The van der Waals surface area contributed by atoms with E-state index in [0.29, 0.717) is 0 Å². The first-order chi connectivity index (χ1) is 10.6. The highest BCUT2D eigenvalue weighted by Gasteiger charge is 2.05. The van der Waals surface area contributed by atoms with Crippen LogP contribution in [0.5, 0.6) is 0 Å². The molecule has 0 atom stereocenters. The van der Waals surface area contributed by atoms with Crippen molar-refractivity contribution in [2.24, 2.45) is 0 Å². The Balaban J connectivity index is -0.000000394. The summed E-state index contributed by atoms with van der Waals surface area (Å²) in [6, 6.07) is 8.83. The first-order valence-corrected chi connectivity index (χ1v) is 9.07. The molecule has 0 aliphatic rings. The van der Waals surface area contributed by atoms with E-state index in [1.807, 2.05) is 55.4 Å². The van der Waals surface area contributed by atoms with Crippen molar-refractivity contribution in [2.75, 3.05) is 0 Å². The second-order valence-corrected chi connectivity index (χ2v) is 4.13. The summed E-state index contributed by atoms with van der Waals surface area (Å²) in [5.74, 6) is 0. The molecule has 0 N–H and O–H groups in total. The van der Waals surface area contributed by atoms with E-state index in [4.69, 9.17) is 0 Å². The fraction of sp³-hybridized carbons (Fsp3) is 0.545. The van der Waals surface area contributed by atoms with Crippen LogP contribution in [0.3, 0.4) is 0 Å². The third-order valence-electron chi connectivity index (χ3n) is 3.10.